The highest BCUT2D eigenvalue weighted by atomic mass is 16.3. The normalized spacial score (nSPS) is 28.8. The molecular formula is C10H19NO. The van der Waals surface area contributed by atoms with E-state index in [2.05, 4.69) is 5.32 Å². The van der Waals surface area contributed by atoms with Crippen molar-refractivity contribution in [3.63, 3.8) is 0 Å². The highest BCUT2D eigenvalue weighted by molar-refractivity contribution is 4.89. The number of nitrogens with one attached hydrogen (secondary N) is 1. The smallest absolute Gasteiger partial charge is 0.0488 e. The SMILES string of the molecule is OCC1(CC2CC2)CCNCC1. The number of rotatable bonds is 3. The van der Waals surface area contributed by atoms with Gasteiger partial charge < -0.3 is 10.4 Å². The lowest BCUT2D eigenvalue weighted by atomic mass is 9.75. The van der Waals surface area contributed by atoms with Crippen LogP contribution in [-0.2, 0) is 0 Å². The van der Waals surface area contributed by atoms with Crippen LogP contribution in [0.3, 0.4) is 0 Å². The zero-order valence-corrected chi connectivity index (χ0v) is 7.68. The average Bonchev–Trinajstić information content (AvgIpc) is 2.90. The van der Waals surface area contributed by atoms with Gasteiger partial charge in [-0.15, -0.1) is 0 Å². The first-order valence-corrected chi connectivity index (χ1v) is 5.16. The van der Waals surface area contributed by atoms with Crippen LogP contribution in [-0.4, -0.2) is 24.8 Å². The van der Waals surface area contributed by atoms with Crippen molar-refractivity contribution in [3.05, 3.63) is 0 Å². The predicted molar refractivity (Wildman–Crippen MR) is 49.0 cm³/mol. The van der Waals surface area contributed by atoms with Gasteiger partial charge in [0.05, 0.1) is 0 Å². The Morgan fingerprint density at radius 2 is 1.92 bits per heavy atom. The molecule has 1 aliphatic carbocycles. The van der Waals surface area contributed by atoms with Gasteiger partial charge in [-0.1, -0.05) is 12.8 Å². The van der Waals surface area contributed by atoms with E-state index in [-0.39, 0.29) is 0 Å². The second-order valence-electron chi connectivity index (χ2n) is 4.56. The van der Waals surface area contributed by atoms with Gasteiger partial charge in [0.25, 0.3) is 0 Å². The number of aliphatic hydroxyl groups excluding tert-OH is 1. The van der Waals surface area contributed by atoms with E-state index in [0.29, 0.717) is 12.0 Å². The van der Waals surface area contributed by atoms with Gasteiger partial charge in [-0.25, -0.2) is 0 Å². The second-order valence-corrected chi connectivity index (χ2v) is 4.56. The summed E-state index contributed by atoms with van der Waals surface area (Å²) in [5.41, 5.74) is 0.298. The van der Waals surface area contributed by atoms with Gasteiger partial charge in [-0.2, -0.15) is 0 Å². The van der Waals surface area contributed by atoms with Crippen LogP contribution in [0, 0.1) is 11.3 Å². The Kier molecular flexibility index (Phi) is 2.37. The summed E-state index contributed by atoms with van der Waals surface area (Å²) < 4.78 is 0. The zero-order valence-electron chi connectivity index (χ0n) is 7.68. The summed E-state index contributed by atoms with van der Waals surface area (Å²) in [5.74, 6) is 0.954. The van der Waals surface area contributed by atoms with Crippen molar-refractivity contribution in [2.75, 3.05) is 19.7 Å². The molecule has 0 spiro atoms. The molecule has 2 N–H and O–H groups in total. The third-order valence-corrected chi connectivity index (χ3v) is 3.42. The topological polar surface area (TPSA) is 32.3 Å². The van der Waals surface area contributed by atoms with E-state index in [4.69, 9.17) is 0 Å². The molecule has 1 saturated heterocycles. The lowest BCUT2D eigenvalue weighted by molar-refractivity contribution is 0.0746. The van der Waals surface area contributed by atoms with Crippen LogP contribution in [0.1, 0.15) is 32.1 Å². The monoisotopic (exact) mass is 169 g/mol. The average molecular weight is 169 g/mol. The Balaban J connectivity index is 1.90. The van der Waals surface area contributed by atoms with E-state index in [1.54, 1.807) is 0 Å². The second kappa shape index (κ2) is 3.35. The van der Waals surface area contributed by atoms with Crippen molar-refractivity contribution in [3.8, 4) is 0 Å². The molecule has 0 atom stereocenters. The van der Waals surface area contributed by atoms with E-state index in [9.17, 15) is 5.11 Å². The molecule has 0 aromatic rings. The Labute approximate surface area is 74.4 Å². The van der Waals surface area contributed by atoms with Crippen LogP contribution in [0.5, 0.6) is 0 Å². The summed E-state index contributed by atoms with van der Waals surface area (Å²) in [7, 11) is 0. The largest absolute Gasteiger partial charge is 0.396 e. The molecule has 2 heteroatoms. The van der Waals surface area contributed by atoms with Crippen LogP contribution in [0.15, 0.2) is 0 Å². The molecule has 0 bridgehead atoms. The molecule has 1 aliphatic heterocycles. The van der Waals surface area contributed by atoms with Gasteiger partial charge in [0.2, 0.25) is 0 Å². The lowest BCUT2D eigenvalue weighted by Crippen LogP contribution is -2.39. The fourth-order valence-corrected chi connectivity index (χ4v) is 2.32. The van der Waals surface area contributed by atoms with Crippen LogP contribution < -0.4 is 5.32 Å². The Morgan fingerprint density at radius 3 is 2.42 bits per heavy atom. The first kappa shape index (κ1) is 8.52. The summed E-state index contributed by atoms with van der Waals surface area (Å²) in [6.07, 6.45) is 6.47. The first-order chi connectivity index (χ1) is 5.85. The van der Waals surface area contributed by atoms with E-state index in [1.807, 2.05) is 0 Å². The van der Waals surface area contributed by atoms with Crippen LogP contribution >= 0.6 is 0 Å². The molecule has 0 aromatic carbocycles. The minimum Gasteiger partial charge on any atom is -0.396 e. The minimum atomic E-state index is 0.298. The molecule has 2 nitrogen and oxygen atoms in total. The first-order valence-electron chi connectivity index (χ1n) is 5.16. The van der Waals surface area contributed by atoms with Crippen molar-refractivity contribution >= 4 is 0 Å². The maximum absolute atomic E-state index is 9.39. The van der Waals surface area contributed by atoms with Gasteiger partial charge in [-0.05, 0) is 43.7 Å². The highest BCUT2D eigenvalue weighted by Crippen LogP contribution is 2.44. The number of aliphatic hydroxyl groups is 1. The summed E-state index contributed by atoms with van der Waals surface area (Å²) in [6.45, 7) is 2.62. The van der Waals surface area contributed by atoms with Gasteiger partial charge in [0.15, 0.2) is 0 Å². The van der Waals surface area contributed by atoms with Gasteiger partial charge in [0.1, 0.15) is 0 Å². The Morgan fingerprint density at radius 1 is 1.25 bits per heavy atom. The molecule has 1 heterocycles. The molecule has 0 amide bonds. The van der Waals surface area contributed by atoms with Gasteiger partial charge in [-0.3, -0.25) is 0 Å². The maximum atomic E-state index is 9.39. The third kappa shape index (κ3) is 1.80. The predicted octanol–water partition coefficient (Wildman–Crippen LogP) is 1.15. The van der Waals surface area contributed by atoms with E-state index in [0.717, 1.165) is 19.0 Å². The summed E-state index contributed by atoms with van der Waals surface area (Å²) in [4.78, 5) is 0. The maximum Gasteiger partial charge on any atom is 0.0488 e. The van der Waals surface area contributed by atoms with Crippen LogP contribution in [0.25, 0.3) is 0 Å². The zero-order chi connectivity index (χ0) is 8.44. The van der Waals surface area contributed by atoms with Gasteiger partial charge >= 0.3 is 0 Å². The fraction of sp³-hybridized carbons (Fsp3) is 1.00. The van der Waals surface area contributed by atoms with Crippen molar-refractivity contribution in [1.82, 2.24) is 5.32 Å². The Hall–Kier alpha value is -0.0800. The molecule has 70 valence electrons. The van der Waals surface area contributed by atoms with E-state index >= 15 is 0 Å². The van der Waals surface area contributed by atoms with Gasteiger partial charge in [0, 0.05) is 6.61 Å². The van der Waals surface area contributed by atoms with E-state index < -0.39 is 0 Å². The molecule has 2 rings (SSSR count). The number of hydrogen-bond acceptors (Lipinski definition) is 2. The van der Waals surface area contributed by atoms with Crippen LogP contribution in [0.2, 0.25) is 0 Å². The molecule has 0 unspecified atom stereocenters. The molecule has 2 aliphatic rings. The lowest BCUT2D eigenvalue weighted by Gasteiger charge is -2.36. The van der Waals surface area contributed by atoms with E-state index in [1.165, 1.54) is 32.1 Å². The summed E-state index contributed by atoms with van der Waals surface area (Å²) >= 11 is 0. The summed E-state index contributed by atoms with van der Waals surface area (Å²) in [5, 5.41) is 12.7. The minimum absolute atomic E-state index is 0.298. The van der Waals surface area contributed by atoms with Crippen molar-refractivity contribution < 1.29 is 5.11 Å². The molecule has 0 aromatic heterocycles. The van der Waals surface area contributed by atoms with Crippen LogP contribution in [0.4, 0.5) is 0 Å². The Bertz CT molecular complexity index is 148. The van der Waals surface area contributed by atoms with Crippen molar-refractivity contribution in [2.24, 2.45) is 11.3 Å². The summed E-state index contributed by atoms with van der Waals surface area (Å²) in [6, 6.07) is 0. The quantitative estimate of drug-likeness (QED) is 0.664. The van der Waals surface area contributed by atoms with Crippen molar-refractivity contribution in [1.29, 1.82) is 0 Å². The number of piperidine rings is 1. The molecular weight excluding hydrogens is 150 g/mol. The molecule has 1 saturated carbocycles. The highest BCUT2D eigenvalue weighted by Gasteiger charge is 2.37. The van der Waals surface area contributed by atoms with Crippen molar-refractivity contribution in [2.45, 2.75) is 32.1 Å². The number of hydrogen-bond donors (Lipinski definition) is 2. The molecule has 12 heavy (non-hydrogen) atoms. The fourth-order valence-electron chi connectivity index (χ4n) is 2.32. The third-order valence-electron chi connectivity index (χ3n) is 3.42. The molecule has 0 radical (unpaired) electrons. The molecule has 2 fully saturated rings. The standard InChI is InChI=1S/C10H19NO/c12-8-10(7-9-1-2-9)3-5-11-6-4-10/h9,11-12H,1-8H2.